The number of nitrogens with zero attached hydrogens (tertiary/aromatic N) is 2. The minimum atomic E-state index is -0.333. The van der Waals surface area contributed by atoms with Gasteiger partial charge in [0.05, 0.1) is 22.5 Å². The molecule has 40 heavy (non-hydrogen) atoms. The predicted molar refractivity (Wildman–Crippen MR) is 167 cm³/mol. The van der Waals surface area contributed by atoms with Crippen LogP contribution in [0.1, 0.15) is 96.6 Å². The average Bonchev–Trinajstić information content (AvgIpc) is 3.01. The summed E-state index contributed by atoms with van der Waals surface area (Å²) in [4.78, 5) is 31.6. The van der Waals surface area contributed by atoms with Crippen LogP contribution in [0.5, 0.6) is 0 Å². The van der Waals surface area contributed by atoms with Gasteiger partial charge in [-0.15, -0.1) is 6.42 Å². The Bertz CT molecular complexity index is 1390. The molecule has 1 fully saturated rings. The van der Waals surface area contributed by atoms with Crippen molar-refractivity contribution in [3.63, 3.8) is 0 Å². The summed E-state index contributed by atoms with van der Waals surface area (Å²) in [6.45, 7) is 13.5. The third-order valence-corrected chi connectivity index (χ3v) is 7.75. The zero-order valence-corrected chi connectivity index (χ0v) is 24.7. The molecular weight excluding hydrogens is 494 g/mol. The van der Waals surface area contributed by atoms with Crippen molar-refractivity contribution in [2.75, 3.05) is 4.90 Å². The molecule has 0 saturated heterocycles. The van der Waals surface area contributed by atoms with E-state index in [9.17, 15) is 9.59 Å². The second-order valence-electron chi connectivity index (χ2n) is 11.3. The summed E-state index contributed by atoms with van der Waals surface area (Å²) < 4.78 is 0. The molecule has 0 spiro atoms. The van der Waals surface area contributed by atoms with Gasteiger partial charge in [0, 0.05) is 24.2 Å². The minimum Gasteiger partial charge on any atom is -0.323 e. The lowest BCUT2D eigenvalue weighted by Gasteiger charge is -2.26. The van der Waals surface area contributed by atoms with Gasteiger partial charge in [-0.1, -0.05) is 63.8 Å². The molecule has 1 aromatic carbocycles. The largest absolute Gasteiger partial charge is 0.323 e. The van der Waals surface area contributed by atoms with Crippen molar-refractivity contribution in [2.24, 2.45) is 5.41 Å². The second kappa shape index (κ2) is 13.9. The van der Waals surface area contributed by atoms with Crippen LogP contribution >= 0.6 is 0 Å². The van der Waals surface area contributed by atoms with E-state index >= 15 is 0 Å². The maximum absolute atomic E-state index is 13.3. The fraction of sp³-hybridized carbons (Fsp3) is 0.400. The van der Waals surface area contributed by atoms with E-state index in [1.54, 1.807) is 23.2 Å². The van der Waals surface area contributed by atoms with Gasteiger partial charge >= 0.3 is 0 Å². The van der Waals surface area contributed by atoms with Crippen molar-refractivity contribution in [1.82, 2.24) is 10.3 Å². The maximum Gasteiger partial charge on any atom is 0.247 e. The number of benzene rings is 1. The number of pyridine rings is 1. The van der Waals surface area contributed by atoms with E-state index in [4.69, 9.17) is 6.42 Å². The maximum atomic E-state index is 13.3. The van der Waals surface area contributed by atoms with Crippen LogP contribution in [-0.4, -0.2) is 16.8 Å². The van der Waals surface area contributed by atoms with Crippen LogP contribution in [0.25, 0.3) is 10.9 Å². The molecule has 1 saturated carbocycles. The molecule has 1 heterocycles. The number of carbonyl (C=O) groups is 2. The molecule has 210 valence electrons. The number of hydrogen-bond acceptors (Lipinski definition) is 3. The van der Waals surface area contributed by atoms with Crippen molar-refractivity contribution in [3.8, 4) is 12.3 Å². The first kappa shape index (κ1) is 30.6. The van der Waals surface area contributed by atoms with E-state index in [2.05, 4.69) is 48.8 Å². The Hall–Kier alpha value is -3.91. The van der Waals surface area contributed by atoms with E-state index < -0.39 is 0 Å². The van der Waals surface area contributed by atoms with E-state index in [1.807, 2.05) is 32.1 Å². The topological polar surface area (TPSA) is 62.3 Å². The van der Waals surface area contributed by atoms with Crippen LogP contribution in [0.15, 0.2) is 72.7 Å². The van der Waals surface area contributed by atoms with Gasteiger partial charge in [0.25, 0.3) is 0 Å². The molecule has 1 unspecified atom stereocenters. The Morgan fingerprint density at radius 2 is 1.90 bits per heavy atom. The normalized spacial score (nSPS) is 18.4. The molecule has 1 aliphatic rings. The van der Waals surface area contributed by atoms with Crippen LogP contribution in [0.2, 0.25) is 0 Å². The highest BCUT2D eigenvalue weighted by Crippen LogP contribution is 2.39. The van der Waals surface area contributed by atoms with Crippen LogP contribution in [0.4, 0.5) is 5.69 Å². The van der Waals surface area contributed by atoms with E-state index in [0.717, 1.165) is 23.7 Å². The number of hydrogen-bond donors (Lipinski definition) is 1. The van der Waals surface area contributed by atoms with Gasteiger partial charge in [0.1, 0.15) is 0 Å². The van der Waals surface area contributed by atoms with Crippen molar-refractivity contribution < 1.29 is 9.59 Å². The van der Waals surface area contributed by atoms with Gasteiger partial charge in [-0.3, -0.25) is 19.5 Å². The standard InChI is InChI=1S/C35H43N3O2/c1-8-15-30(23-29(10-3)37-33(40)11-4)38(25(5)39)34-26(9-2)24-36-32-19-18-28(22-31(32)34)27-16-12-13-20-35(6,7)21-14-17-27/h2,8,10-11,15,18-19,22-24,27H,4,12-14,16-17,20-21H2,1,3,5-7H3,(H,37,40)/b15-8-,29-10+,30-23+. The molecule has 1 N–H and O–H groups in total. The van der Waals surface area contributed by atoms with Gasteiger partial charge < -0.3 is 5.32 Å². The number of nitrogens with one attached hydrogen (secondary N) is 1. The lowest BCUT2D eigenvalue weighted by molar-refractivity contribution is -0.116. The first-order valence-corrected chi connectivity index (χ1v) is 14.3. The van der Waals surface area contributed by atoms with Gasteiger partial charge in [-0.2, -0.15) is 0 Å². The third-order valence-electron chi connectivity index (χ3n) is 7.75. The van der Waals surface area contributed by atoms with Crippen LogP contribution < -0.4 is 10.2 Å². The van der Waals surface area contributed by atoms with Crippen molar-refractivity contribution in [2.45, 2.75) is 85.5 Å². The predicted octanol–water partition coefficient (Wildman–Crippen LogP) is 8.09. The van der Waals surface area contributed by atoms with Gasteiger partial charge in [0.2, 0.25) is 11.8 Å². The molecule has 0 radical (unpaired) electrons. The summed E-state index contributed by atoms with van der Waals surface area (Å²) in [5.41, 5.74) is 4.71. The molecule has 3 rings (SSSR count). The number of allylic oxidation sites excluding steroid dienone is 4. The number of rotatable bonds is 7. The van der Waals surface area contributed by atoms with Gasteiger partial charge in [0.15, 0.2) is 0 Å². The number of carbonyl (C=O) groups excluding carboxylic acids is 2. The SMILES string of the molecule is C#Cc1cnc2ccc(C3CCCCC(C)(C)CCC3)cc2c1N(C(C)=O)C(/C=C\C)=C/C(=C\C)NC(=O)C=C. The molecule has 0 bridgehead atoms. The quantitative estimate of drug-likeness (QED) is 0.221. The molecule has 1 aliphatic carbocycles. The van der Waals surface area contributed by atoms with Crippen LogP contribution in [0, 0.1) is 17.8 Å². The smallest absolute Gasteiger partial charge is 0.247 e. The summed E-state index contributed by atoms with van der Waals surface area (Å²) in [6.07, 6.45) is 24.5. The Balaban J connectivity index is 2.19. The zero-order valence-electron chi connectivity index (χ0n) is 24.7. The first-order chi connectivity index (χ1) is 19.1. The Labute approximate surface area is 240 Å². The minimum absolute atomic E-state index is 0.200. The van der Waals surface area contributed by atoms with Crippen molar-refractivity contribution >= 4 is 28.4 Å². The third kappa shape index (κ3) is 7.60. The van der Waals surface area contributed by atoms with E-state index in [-0.39, 0.29) is 11.8 Å². The second-order valence-corrected chi connectivity index (χ2v) is 11.3. The summed E-state index contributed by atoms with van der Waals surface area (Å²) >= 11 is 0. The first-order valence-electron chi connectivity index (χ1n) is 14.3. The number of terminal acetylenes is 1. The highest BCUT2D eigenvalue weighted by Gasteiger charge is 2.25. The Kier molecular flexibility index (Phi) is 10.7. The number of anilines is 1. The molecule has 5 nitrogen and oxygen atoms in total. The molecule has 0 aliphatic heterocycles. The summed E-state index contributed by atoms with van der Waals surface area (Å²) in [6, 6.07) is 6.42. The van der Waals surface area contributed by atoms with Crippen molar-refractivity contribution in [3.05, 3.63) is 83.9 Å². The van der Waals surface area contributed by atoms with Gasteiger partial charge in [-0.05, 0) is 86.8 Å². The van der Waals surface area contributed by atoms with E-state index in [1.165, 1.54) is 50.7 Å². The fourth-order valence-electron chi connectivity index (χ4n) is 5.59. The fourth-order valence-corrected chi connectivity index (χ4v) is 5.59. The molecule has 2 amide bonds. The number of amides is 2. The molecular formula is C35H43N3O2. The average molecular weight is 538 g/mol. The van der Waals surface area contributed by atoms with Crippen LogP contribution in [0.3, 0.4) is 0 Å². The molecule has 1 atom stereocenters. The summed E-state index contributed by atoms with van der Waals surface area (Å²) in [5, 5.41) is 3.64. The highest BCUT2D eigenvalue weighted by atomic mass is 16.2. The monoisotopic (exact) mass is 537 g/mol. The lowest BCUT2D eigenvalue weighted by Crippen LogP contribution is -2.29. The van der Waals surface area contributed by atoms with Crippen LogP contribution in [-0.2, 0) is 9.59 Å². The van der Waals surface area contributed by atoms with E-state index in [0.29, 0.717) is 34.0 Å². The zero-order chi connectivity index (χ0) is 29.3. The number of aromatic nitrogens is 1. The Morgan fingerprint density at radius 3 is 2.55 bits per heavy atom. The number of fused-ring (bicyclic) bond motifs is 1. The molecule has 5 heteroatoms. The molecule has 1 aromatic heterocycles. The molecule has 2 aromatic rings. The summed E-state index contributed by atoms with van der Waals surface area (Å²) in [5.74, 6) is 2.67. The highest BCUT2D eigenvalue weighted by molar-refractivity contribution is 6.06. The Morgan fingerprint density at radius 1 is 1.18 bits per heavy atom. The summed E-state index contributed by atoms with van der Waals surface area (Å²) in [7, 11) is 0. The lowest BCUT2D eigenvalue weighted by atomic mass is 9.82. The van der Waals surface area contributed by atoms with Crippen molar-refractivity contribution in [1.29, 1.82) is 0 Å². The van der Waals surface area contributed by atoms with Gasteiger partial charge in [-0.25, -0.2) is 0 Å².